The fraction of sp³-hybridized carbons (Fsp3) is 0.167. The number of halogens is 1. The van der Waals surface area contributed by atoms with Crippen molar-refractivity contribution in [2.75, 3.05) is 5.73 Å². The molecule has 3 aromatic rings. The number of ketones is 1. The number of hydrogen-bond acceptors (Lipinski definition) is 3. The van der Waals surface area contributed by atoms with Crippen molar-refractivity contribution in [3.05, 3.63) is 63.8 Å². The molecule has 0 aliphatic carbocycles. The highest BCUT2D eigenvalue weighted by atomic mass is 79.9. The molecule has 4 heteroatoms. The first-order valence-electron chi connectivity index (χ1n) is 7.16. The number of carbonyl (C=O) groups excluding carboxylic acids is 1. The van der Waals surface area contributed by atoms with Crippen molar-refractivity contribution in [1.82, 2.24) is 0 Å². The third kappa shape index (κ3) is 2.92. The van der Waals surface area contributed by atoms with Crippen LogP contribution in [0.2, 0.25) is 0 Å². The van der Waals surface area contributed by atoms with E-state index in [-0.39, 0.29) is 11.5 Å². The summed E-state index contributed by atoms with van der Waals surface area (Å²) >= 11 is 3.47. The minimum absolute atomic E-state index is 0.192. The molecule has 1 heterocycles. The highest BCUT2D eigenvalue weighted by molar-refractivity contribution is 9.10. The molecule has 0 saturated carbocycles. The molecule has 0 fully saturated rings. The van der Waals surface area contributed by atoms with Gasteiger partial charge in [0.25, 0.3) is 0 Å². The molecule has 2 N–H and O–H groups in total. The number of furan rings is 1. The quantitative estimate of drug-likeness (QED) is 0.628. The van der Waals surface area contributed by atoms with Gasteiger partial charge in [-0.1, -0.05) is 44.2 Å². The van der Waals surface area contributed by atoms with Crippen molar-refractivity contribution in [2.24, 2.45) is 0 Å². The average molecular weight is 360 g/mol. The van der Waals surface area contributed by atoms with Gasteiger partial charge in [-0.3, -0.25) is 4.79 Å². The van der Waals surface area contributed by atoms with Crippen LogP contribution in [0.15, 0.2) is 51.4 Å². The van der Waals surface area contributed by atoms with E-state index < -0.39 is 0 Å². The standard InChI is InChI=1S/C16H12BrNO2.C2H6/c1-9-7-11(17)13-12(8-9)20-16(14(13)18)15(19)10-5-3-2-4-6-10;1-2/h2-8H,18H2,1H3;1-2H3. The summed E-state index contributed by atoms with van der Waals surface area (Å²) in [5, 5.41) is 0.745. The number of aryl methyl sites for hydroxylation is 1. The molecular formula is C18H18BrNO2. The van der Waals surface area contributed by atoms with E-state index in [9.17, 15) is 4.79 Å². The molecule has 0 unspecified atom stereocenters. The molecule has 0 saturated heterocycles. The second-order valence-corrected chi connectivity index (χ2v) is 5.51. The van der Waals surface area contributed by atoms with E-state index in [0.29, 0.717) is 16.8 Å². The first-order valence-corrected chi connectivity index (χ1v) is 7.95. The number of rotatable bonds is 2. The van der Waals surface area contributed by atoms with Crippen LogP contribution in [-0.4, -0.2) is 5.78 Å². The molecule has 1 aromatic heterocycles. The Morgan fingerprint density at radius 2 is 1.77 bits per heavy atom. The number of fused-ring (bicyclic) bond motifs is 1. The van der Waals surface area contributed by atoms with E-state index >= 15 is 0 Å². The second kappa shape index (κ2) is 6.79. The summed E-state index contributed by atoms with van der Waals surface area (Å²) in [6.45, 7) is 5.96. The van der Waals surface area contributed by atoms with Crippen molar-refractivity contribution in [3.8, 4) is 0 Å². The second-order valence-electron chi connectivity index (χ2n) is 4.66. The number of nitrogen functional groups attached to an aromatic ring is 1. The van der Waals surface area contributed by atoms with E-state index in [4.69, 9.17) is 10.2 Å². The molecule has 0 aliphatic heterocycles. The highest BCUT2D eigenvalue weighted by Gasteiger charge is 2.21. The highest BCUT2D eigenvalue weighted by Crippen LogP contribution is 2.36. The van der Waals surface area contributed by atoms with E-state index in [1.807, 2.05) is 51.1 Å². The predicted octanol–water partition coefficient (Wildman–Crippen LogP) is 5.34. The summed E-state index contributed by atoms with van der Waals surface area (Å²) < 4.78 is 6.51. The van der Waals surface area contributed by atoms with Crippen LogP contribution in [0.4, 0.5) is 5.69 Å². The Hall–Kier alpha value is -2.07. The summed E-state index contributed by atoms with van der Waals surface area (Å²) in [6, 6.07) is 12.8. The zero-order valence-corrected chi connectivity index (χ0v) is 14.4. The van der Waals surface area contributed by atoms with Crippen molar-refractivity contribution < 1.29 is 9.21 Å². The third-order valence-corrected chi connectivity index (χ3v) is 3.79. The van der Waals surface area contributed by atoms with Gasteiger partial charge in [-0.05, 0) is 40.5 Å². The van der Waals surface area contributed by atoms with Gasteiger partial charge in [-0.25, -0.2) is 0 Å². The van der Waals surface area contributed by atoms with E-state index in [0.717, 1.165) is 15.4 Å². The minimum atomic E-state index is -0.205. The van der Waals surface area contributed by atoms with Crippen molar-refractivity contribution in [1.29, 1.82) is 0 Å². The molecule has 0 amide bonds. The summed E-state index contributed by atoms with van der Waals surface area (Å²) in [6.07, 6.45) is 0. The monoisotopic (exact) mass is 359 g/mol. The third-order valence-electron chi connectivity index (χ3n) is 3.17. The molecule has 0 aliphatic rings. The van der Waals surface area contributed by atoms with Gasteiger partial charge in [0.15, 0.2) is 5.76 Å². The maximum absolute atomic E-state index is 12.4. The minimum Gasteiger partial charge on any atom is -0.450 e. The van der Waals surface area contributed by atoms with E-state index in [2.05, 4.69) is 15.9 Å². The summed E-state index contributed by atoms with van der Waals surface area (Å²) in [7, 11) is 0. The zero-order chi connectivity index (χ0) is 16.3. The molecule has 0 spiro atoms. The van der Waals surface area contributed by atoms with Crippen LogP contribution in [0.1, 0.15) is 35.5 Å². The lowest BCUT2D eigenvalue weighted by Crippen LogP contribution is -2.02. The molecule has 3 nitrogen and oxygen atoms in total. The summed E-state index contributed by atoms with van der Waals surface area (Å²) in [4.78, 5) is 12.4. The lowest BCUT2D eigenvalue weighted by molar-refractivity contribution is 0.101. The predicted molar refractivity (Wildman–Crippen MR) is 94.3 cm³/mol. The molecule has 2 aromatic carbocycles. The Labute approximate surface area is 138 Å². The Kier molecular flexibility index (Phi) is 5.03. The first kappa shape index (κ1) is 16.3. The van der Waals surface area contributed by atoms with Crippen molar-refractivity contribution in [3.63, 3.8) is 0 Å². The lowest BCUT2D eigenvalue weighted by atomic mass is 10.1. The van der Waals surface area contributed by atoms with Crippen LogP contribution >= 0.6 is 15.9 Å². The van der Waals surface area contributed by atoms with E-state index in [1.165, 1.54) is 0 Å². The zero-order valence-electron chi connectivity index (χ0n) is 12.8. The fourth-order valence-electron chi connectivity index (χ4n) is 2.22. The van der Waals surface area contributed by atoms with Gasteiger partial charge in [0, 0.05) is 10.0 Å². The number of benzene rings is 2. The molecule has 0 bridgehead atoms. The first-order chi connectivity index (χ1) is 10.6. The summed E-state index contributed by atoms with van der Waals surface area (Å²) in [5.41, 5.74) is 8.68. The van der Waals surface area contributed by atoms with Crippen LogP contribution in [0.5, 0.6) is 0 Å². The Bertz CT molecular complexity index is 807. The van der Waals surface area contributed by atoms with Gasteiger partial charge in [0.1, 0.15) is 5.58 Å². The van der Waals surface area contributed by atoms with Gasteiger partial charge in [-0.15, -0.1) is 0 Å². The van der Waals surface area contributed by atoms with Gasteiger partial charge in [-0.2, -0.15) is 0 Å². The number of anilines is 1. The lowest BCUT2D eigenvalue weighted by Gasteiger charge is -1.98. The Balaban J connectivity index is 0.000000847. The molecule has 3 rings (SSSR count). The number of hydrogen-bond donors (Lipinski definition) is 1. The van der Waals surface area contributed by atoms with Crippen molar-refractivity contribution >= 4 is 38.4 Å². The molecular weight excluding hydrogens is 342 g/mol. The SMILES string of the molecule is CC.Cc1cc(Br)c2c(N)c(C(=O)c3ccccc3)oc2c1. The topological polar surface area (TPSA) is 56.2 Å². The van der Waals surface area contributed by atoms with Crippen molar-refractivity contribution in [2.45, 2.75) is 20.8 Å². The average Bonchev–Trinajstić information content (AvgIpc) is 2.86. The molecule has 114 valence electrons. The Morgan fingerprint density at radius 1 is 1.14 bits per heavy atom. The van der Waals surface area contributed by atoms with Crippen LogP contribution in [0.3, 0.4) is 0 Å². The normalized spacial score (nSPS) is 10.2. The number of nitrogens with two attached hydrogens (primary N) is 1. The van der Waals surface area contributed by atoms with Gasteiger partial charge >= 0.3 is 0 Å². The Morgan fingerprint density at radius 3 is 2.41 bits per heavy atom. The van der Waals surface area contributed by atoms with Crippen LogP contribution < -0.4 is 5.73 Å². The van der Waals surface area contributed by atoms with Gasteiger partial charge < -0.3 is 10.2 Å². The molecule has 0 atom stereocenters. The largest absolute Gasteiger partial charge is 0.450 e. The van der Waals surface area contributed by atoms with Crippen LogP contribution in [0, 0.1) is 6.92 Å². The van der Waals surface area contributed by atoms with Gasteiger partial charge in [0.2, 0.25) is 5.78 Å². The van der Waals surface area contributed by atoms with Crippen LogP contribution in [-0.2, 0) is 0 Å². The number of carbonyl (C=O) groups is 1. The fourth-order valence-corrected chi connectivity index (χ4v) is 2.99. The smallest absolute Gasteiger partial charge is 0.230 e. The molecule has 22 heavy (non-hydrogen) atoms. The maximum atomic E-state index is 12.4. The van der Waals surface area contributed by atoms with E-state index in [1.54, 1.807) is 12.1 Å². The maximum Gasteiger partial charge on any atom is 0.230 e. The summed E-state index contributed by atoms with van der Waals surface area (Å²) in [5.74, 6) is -0.0126. The molecule has 0 radical (unpaired) electrons. The van der Waals surface area contributed by atoms with Crippen LogP contribution in [0.25, 0.3) is 11.0 Å². The van der Waals surface area contributed by atoms with Gasteiger partial charge in [0.05, 0.1) is 11.1 Å².